The zero-order chi connectivity index (χ0) is 26.0. The lowest BCUT2D eigenvalue weighted by molar-refractivity contribution is -0.118. The van der Waals surface area contributed by atoms with Crippen LogP contribution in [0.5, 0.6) is 11.5 Å². The highest BCUT2D eigenvalue weighted by molar-refractivity contribution is 7.90. The summed E-state index contributed by atoms with van der Waals surface area (Å²) >= 11 is 1.25. The van der Waals surface area contributed by atoms with Gasteiger partial charge < -0.3 is 10.2 Å². The highest BCUT2D eigenvalue weighted by Crippen LogP contribution is 2.38. The maximum atomic E-state index is 13.2. The van der Waals surface area contributed by atoms with Crippen LogP contribution >= 0.6 is 11.3 Å². The number of sulfonamides is 1. The molecule has 1 aromatic carbocycles. The Bertz CT molecular complexity index is 1160. The molecule has 0 saturated heterocycles. The van der Waals surface area contributed by atoms with Gasteiger partial charge >= 0.3 is 0 Å². The van der Waals surface area contributed by atoms with Crippen LogP contribution in [0, 0.1) is 0 Å². The second-order valence-electron chi connectivity index (χ2n) is 8.87. The number of unbranched alkanes of at least 4 members (excludes halogenated alkanes) is 2. The van der Waals surface area contributed by atoms with Crippen molar-refractivity contribution in [3.8, 4) is 11.5 Å². The summed E-state index contributed by atoms with van der Waals surface area (Å²) in [6.45, 7) is 8.06. The molecule has 9 heteroatoms. The van der Waals surface area contributed by atoms with E-state index in [0.29, 0.717) is 17.8 Å². The number of nitrogens with zero attached hydrogens (tertiary/aromatic N) is 1. The first-order chi connectivity index (χ1) is 16.5. The molecule has 0 bridgehead atoms. The number of amides is 1. The summed E-state index contributed by atoms with van der Waals surface area (Å²) in [6.07, 6.45) is 10.1. The smallest absolute Gasteiger partial charge is 0.268 e. The topological polar surface area (TPSA) is 117 Å². The van der Waals surface area contributed by atoms with Crippen molar-refractivity contribution in [1.29, 1.82) is 0 Å². The van der Waals surface area contributed by atoms with E-state index in [2.05, 4.69) is 15.8 Å². The normalized spacial score (nSPS) is 11.9. The number of rotatable bonds is 13. The van der Waals surface area contributed by atoms with E-state index >= 15 is 0 Å². The first-order valence-electron chi connectivity index (χ1n) is 11.8. The van der Waals surface area contributed by atoms with Crippen molar-refractivity contribution in [2.75, 3.05) is 0 Å². The molecule has 35 heavy (non-hydrogen) atoms. The fraction of sp³-hybridized carbons (Fsp3) is 0.462. The van der Waals surface area contributed by atoms with Crippen molar-refractivity contribution in [1.82, 2.24) is 9.71 Å². The van der Waals surface area contributed by atoms with E-state index in [1.165, 1.54) is 23.0 Å². The minimum absolute atomic E-state index is 0.124. The van der Waals surface area contributed by atoms with E-state index in [1.807, 2.05) is 33.8 Å². The van der Waals surface area contributed by atoms with Gasteiger partial charge in [0.1, 0.15) is 21.4 Å². The Morgan fingerprint density at radius 1 is 1.17 bits per heavy atom. The SMILES string of the molecule is CCCCCc1cc(O)c(C/C=C(\C)CCC=C(C)C)c(O)c1S(=O)(=O)NC(=O)Cc1nccs1. The first-order valence-corrected chi connectivity index (χ1v) is 14.2. The van der Waals surface area contributed by atoms with Gasteiger partial charge in [-0.05, 0) is 64.5 Å². The van der Waals surface area contributed by atoms with Crippen LogP contribution in [-0.4, -0.2) is 29.5 Å². The Hall–Kier alpha value is -2.65. The Morgan fingerprint density at radius 3 is 2.54 bits per heavy atom. The number of aromatic nitrogens is 1. The monoisotopic (exact) mass is 520 g/mol. The highest BCUT2D eigenvalue weighted by Gasteiger charge is 2.29. The van der Waals surface area contributed by atoms with Gasteiger partial charge in [-0.1, -0.05) is 43.1 Å². The molecule has 7 nitrogen and oxygen atoms in total. The third-order valence-corrected chi connectivity index (χ3v) is 7.79. The van der Waals surface area contributed by atoms with Crippen molar-refractivity contribution in [2.24, 2.45) is 0 Å². The quantitative estimate of drug-likeness (QED) is 0.235. The van der Waals surface area contributed by atoms with Crippen LogP contribution in [0.1, 0.15) is 75.9 Å². The first kappa shape index (κ1) is 28.6. The average Bonchev–Trinajstić information content (AvgIpc) is 3.25. The van der Waals surface area contributed by atoms with Crippen molar-refractivity contribution >= 4 is 27.3 Å². The van der Waals surface area contributed by atoms with E-state index < -0.39 is 21.7 Å². The van der Waals surface area contributed by atoms with Gasteiger partial charge in [-0.3, -0.25) is 4.79 Å². The lowest BCUT2D eigenvalue weighted by atomic mass is 10.00. The summed E-state index contributed by atoms with van der Waals surface area (Å²) in [5.41, 5.74) is 2.71. The maximum absolute atomic E-state index is 13.2. The lowest BCUT2D eigenvalue weighted by Gasteiger charge is -2.17. The third kappa shape index (κ3) is 8.81. The molecule has 0 fully saturated rings. The molecule has 1 heterocycles. The minimum atomic E-state index is -4.37. The van der Waals surface area contributed by atoms with Gasteiger partial charge in [-0.15, -0.1) is 11.3 Å². The predicted octanol–water partition coefficient (Wildman–Crippen LogP) is 5.57. The number of aryl methyl sites for hydroxylation is 1. The Kier molecular flexibility index (Phi) is 11.0. The van der Waals surface area contributed by atoms with Crippen molar-refractivity contribution in [2.45, 2.75) is 84.0 Å². The lowest BCUT2D eigenvalue weighted by Crippen LogP contribution is -2.32. The number of carbonyl (C=O) groups excluding carboxylic acids is 1. The predicted molar refractivity (Wildman–Crippen MR) is 140 cm³/mol. The van der Waals surface area contributed by atoms with Crippen LogP contribution in [-0.2, 0) is 34.1 Å². The number of hydrogen-bond donors (Lipinski definition) is 3. The van der Waals surface area contributed by atoms with E-state index in [1.54, 1.807) is 11.6 Å². The van der Waals surface area contributed by atoms with Crippen LogP contribution in [0.2, 0.25) is 0 Å². The standard InChI is InChI=1S/C26H36N2O5S2/c1-5-6-7-11-20-16-22(29)21(13-12-19(4)10-8-9-18(2)3)25(31)26(20)35(32,33)28-23(30)17-24-27-14-15-34-24/h9,12,14-16,29,31H,5-8,10-11,13,17H2,1-4H3,(H,28,30)/b19-12+. The number of phenolic OH excluding ortho intramolecular Hbond substituents is 2. The molecule has 0 aliphatic carbocycles. The fourth-order valence-corrected chi connectivity index (χ4v) is 5.63. The van der Waals surface area contributed by atoms with E-state index in [4.69, 9.17) is 0 Å². The number of nitrogens with one attached hydrogen (secondary N) is 1. The molecule has 1 aromatic heterocycles. The number of thiazole rings is 1. The van der Waals surface area contributed by atoms with E-state index in [9.17, 15) is 23.4 Å². The molecular formula is C26H36N2O5S2. The number of benzene rings is 1. The van der Waals surface area contributed by atoms with Gasteiger partial charge in [-0.2, -0.15) is 0 Å². The highest BCUT2D eigenvalue weighted by atomic mass is 32.2. The zero-order valence-electron chi connectivity index (χ0n) is 20.9. The molecule has 0 aliphatic rings. The van der Waals surface area contributed by atoms with Gasteiger partial charge in [0, 0.05) is 17.1 Å². The second-order valence-corrected chi connectivity index (χ2v) is 11.5. The summed E-state index contributed by atoms with van der Waals surface area (Å²) in [5, 5.41) is 23.9. The van der Waals surface area contributed by atoms with Crippen molar-refractivity contribution < 1.29 is 23.4 Å². The Labute approximate surface area is 212 Å². The number of allylic oxidation sites excluding steroid dienone is 4. The van der Waals surface area contributed by atoms with Crippen molar-refractivity contribution in [3.63, 3.8) is 0 Å². The zero-order valence-corrected chi connectivity index (χ0v) is 22.6. The summed E-state index contributed by atoms with van der Waals surface area (Å²) < 4.78 is 28.5. The van der Waals surface area contributed by atoms with Gasteiger partial charge in [0.15, 0.2) is 0 Å². The molecule has 0 radical (unpaired) electrons. The maximum Gasteiger partial charge on any atom is 0.268 e. The van der Waals surface area contributed by atoms with Crippen LogP contribution in [0.25, 0.3) is 0 Å². The van der Waals surface area contributed by atoms with Crippen LogP contribution in [0.3, 0.4) is 0 Å². The largest absolute Gasteiger partial charge is 0.508 e. The summed E-state index contributed by atoms with van der Waals surface area (Å²) in [4.78, 5) is 16.1. The van der Waals surface area contributed by atoms with Crippen molar-refractivity contribution in [3.05, 3.63) is 57.1 Å². The number of hydrogen-bond acceptors (Lipinski definition) is 7. The molecule has 0 spiro atoms. The molecule has 3 N–H and O–H groups in total. The molecular weight excluding hydrogens is 484 g/mol. The molecule has 0 unspecified atom stereocenters. The molecule has 2 rings (SSSR count). The average molecular weight is 521 g/mol. The second kappa shape index (κ2) is 13.4. The third-order valence-electron chi connectivity index (χ3n) is 5.52. The van der Waals surface area contributed by atoms with Gasteiger partial charge in [-0.25, -0.2) is 18.1 Å². The number of aromatic hydroxyl groups is 2. The minimum Gasteiger partial charge on any atom is -0.508 e. The molecule has 0 aliphatic heterocycles. The molecule has 192 valence electrons. The summed E-state index contributed by atoms with van der Waals surface area (Å²) in [6, 6.07) is 1.40. The summed E-state index contributed by atoms with van der Waals surface area (Å²) in [5.74, 6) is -1.40. The van der Waals surface area contributed by atoms with E-state index in [-0.39, 0.29) is 34.6 Å². The summed E-state index contributed by atoms with van der Waals surface area (Å²) in [7, 11) is -4.37. The van der Waals surface area contributed by atoms with Crippen LogP contribution in [0.4, 0.5) is 0 Å². The van der Waals surface area contributed by atoms with Gasteiger partial charge in [0.05, 0.1) is 6.42 Å². The van der Waals surface area contributed by atoms with E-state index in [0.717, 1.165) is 31.3 Å². The molecule has 0 atom stereocenters. The molecule has 0 saturated carbocycles. The van der Waals surface area contributed by atoms with Gasteiger partial charge in [0.25, 0.3) is 10.0 Å². The van der Waals surface area contributed by atoms with Crippen LogP contribution in [0.15, 0.2) is 45.8 Å². The number of carbonyl (C=O) groups is 1. The Morgan fingerprint density at radius 2 is 1.91 bits per heavy atom. The Balaban J connectivity index is 2.38. The van der Waals surface area contributed by atoms with Gasteiger partial charge in [0.2, 0.25) is 5.91 Å². The molecule has 2 aromatic rings. The fourth-order valence-electron chi connectivity index (χ4n) is 3.66. The molecule has 1 amide bonds. The van der Waals surface area contributed by atoms with Crippen LogP contribution < -0.4 is 4.72 Å². The number of phenols is 2.